The number of fused-ring (bicyclic) bond motifs is 1. The van der Waals surface area contributed by atoms with Crippen LogP contribution in [0.25, 0.3) is 0 Å². The molecule has 0 spiro atoms. The summed E-state index contributed by atoms with van der Waals surface area (Å²) >= 11 is 0. The van der Waals surface area contributed by atoms with Crippen LogP contribution in [0.3, 0.4) is 0 Å². The van der Waals surface area contributed by atoms with Crippen LogP contribution in [0.1, 0.15) is 69.6 Å². The van der Waals surface area contributed by atoms with Crippen molar-refractivity contribution in [3.63, 3.8) is 0 Å². The van der Waals surface area contributed by atoms with Crippen molar-refractivity contribution in [2.24, 2.45) is 17.4 Å². The molecule has 244 valence electrons. The van der Waals surface area contributed by atoms with E-state index in [2.05, 4.69) is 10.7 Å². The van der Waals surface area contributed by atoms with Gasteiger partial charge >= 0.3 is 5.97 Å². The Labute approximate surface area is 265 Å². The lowest BCUT2D eigenvalue weighted by atomic mass is 9.87. The average molecular weight is 622 g/mol. The molecule has 45 heavy (non-hydrogen) atoms. The molecule has 1 aliphatic heterocycles. The first-order chi connectivity index (χ1) is 21.3. The minimum absolute atomic E-state index is 0.0880. The number of carbonyl (C=O) groups excluding carboxylic acids is 4. The van der Waals surface area contributed by atoms with Crippen LogP contribution in [-0.2, 0) is 43.2 Å². The smallest absolute Gasteiger partial charge is 0.338 e. The van der Waals surface area contributed by atoms with Gasteiger partial charge in [-0.15, -0.1) is 0 Å². The molecule has 1 aliphatic carbocycles. The second-order valence-corrected chi connectivity index (χ2v) is 13.2. The Morgan fingerprint density at radius 1 is 1.09 bits per heavy atom. The SMILES string of the molecule is CC(C)(C)OC(=O)[C@@]1(C(=O)Nc2ccc3c(c2)CCC3)C[C@@H](C(=O)CCCc2ccccc2)CN1NC(=O)[C@@H](N)CC(O)CN. The first-order valence-electron chi connectivity index (χ1n) is 15.8. The quantitative estimate of drug-likeness (QED) is 0.166. The molecule has 11 nitrogen and oxygen atoms in total. The molecule has 0 radical (unpaired) electrons. The van der Waals surface area contributed by atoms with Crippen LogP contribution in [0.15, 0.2) is 48.5 Å². The molecule has 0 bridgehead atoms. The molecule has 0 aromatic heterocycles. The molecular formula is C34H47N5O6. The second kappa shape index (κ2) is 14.6. The molecule has 7 N–H and O–H groups in total. The number of Topliss-reactive ketones (excluding diaryl/α,β-unsaturated/α-hetero) is 1. The van der Waals surface area contributed by atoms with E-state index in [1.54, 1.807) is 26.8 Å². The number of nitrogens with two attached hydrogens (primary N) is 2. The first-order valence-corrected chi connectivity index (χ1v) is 15.8. The third-order valence-electron chi connectivity index (χ3n) is 8.44. The predicted molar refractivity (Wildman–Crippen MR) is 171 cm³/mol. The number of aliphatic hydroxyl groups excluding tert-OH is 1. The summed E-state index contributed by atoms with van der Waals surface area (Å²) in [7, 11) is 0. The lowest BCUT2D eigenvalue weighted by molar-refractivity contribution is -0.173. The van der Waals surface area contributed by atoms with Crippen molar-refractivity contribution in [1.82, 2.24) is 10.4 Å². The molecule has 4 rings (SSSR count). The molecule has 2 amide bonds. The number of nitrogens with one attached hydrogen (secondary N) is 2. The van der Waals surface area contributed by atoms with E-state index in [4.69, 9.17) is 16.2 Å². The molecule has 0 saturated carbocycles. The number of rotatable bonds is 13. The number of aryl methyl sites for hydroxylation is 3. The molecule has 2 aliphatic rings. The molecular weight excluding hydrogens is 574 g/mol. The van der Waals surface area contributed by atoms with Crippen molar-refractivity contribution in [2.45, 2.75) is 95.4 Å². The number of nitrogens with zero attached hydrogens (tertiary/aromatic N) is 1. The second-order valence-electron chi connectivity index (χ2n) is 13.2. The van der Waals surface area contributed by atoms with Gasteiger partial charge in [0.15, 0.2) is 0 Å². The van der Waals surface area contributed by atoms with Gasteiger partial charge in [0, 0.05) is 31.1 Å². The molecule has 1 saturated heterocycles. The van der Waals surface area contributed by atoms with Crippen LogP contribution in [0.2, 0.25) is 0 Å². The van der Waals surface area contributed by atoms with Gasteiger partial charge in [0.25, 0.3) is 11.8 Å². The average Bonchev–Trinajstić information content (AvgIpc) is 3.62. The number of amides is 2. The van der Waals surface area contributed by atoms with Crippen molar-refractivity contribution in [3.8, 4) is 0 Å². The van der Waals surface area contributed by atoms with Crippen LogP contribution in [0.5, 0.6) is 0 Å². The lowest BCUT2D eigenvalue weighted by Crippen LogP contribution is -2.66. The summed E-state index contributed by atoms with van der Waals surface area (Å²) in [5.74, 6) is -3.19. The number of anilines is 1. The summed E-state index contributed by atoms with van der Waals surface area (Å²) in [6.45, 7) is 4.87. The number of ether oxygens (including phenoxy) is 1. The molecule has 1 heterocycles. The Bertz CT molecular complexity index is 1380. The van der Waals surface area contributed by atoms with Gasteiger partial charge in [-0.1, -0.05) is 36.4 Å². The minimum Gasteiger partial charge on any atom is -0.458 e. The fraction of sp³-hybridized carbons (Fsp3) is 0.529. The number of aliphatic hydroxyl groups is 1. The summed E-state index contributed by atoms with van der Waals surface area (Å²) < 4.78 is 5.79. The first kappa shape index (κ1) is 34.2. The summed E-state index contributed by atoms with van der Waals surface area (Å²) in [5, 5.41) is 14.1. The maximum atomic E-state index is 14.3. The Morgan fingerprint density at radius 2 is 1.80 bits per heavy atom. The number of hydrogen-bond acceptors (Lipinski definition) is 9. The van der Waals surface area contributed by atoms with E-state index >= 15 is 0 Å². The van der Waals surface area contributed by atoms with Gasteiger partial charge in [0.05, 0.1) is 12.1 Å². The Kier molecular flexibility index (Phi) is 11.1. The van der Waals surface area contributed by atoms with Crippen LogP contribution >= 0.6 is 0 Å². The number of ketones is 1. The topological polar surface area (TPSA) is 177 Å². The summed E-state index contributed by atoms with van der Waals surface area (Å²) in [4.78, 5) is 55.2. The number of esters is 1. The fourth-order valence-electron chi connectivity index (χ4n) is 6.04. The van der Waals surface area contributed by atoms with Gasteiger partial charge in [0.1, 0.15) is 11.4 Å². The van der Waals surface area contributed by atoms with Crippen molar-refractivity contribution >= 4 is 29.3 Å². The van der Waals surface area contributed by atoms with E-state index in [0.717, 1.165) is 30.4 Å². The van der Waals surface area contributed by atoms with Crippen molar-refractivity contribution in [2.75, 3.05) is 18.4 Å². The van der Waals surface area contributed by atoms with E-state index in [1.165, 1.54) is 10.6 Å². The predicted octanol–water partition coefficient (Wildman–Crippen LogP) is 2.18. The summed E-state index contributed by atoms with van der Waals surface area (Å²) in [5.41, 5.74) is 15.2. The van der Waals surface area contributed by atoms with Crippen LogP contribution < -0.4 is 22.2 Å². The zero-order valence-electron chi connectivity index (χ0n) is 26.5. The van der Waals surface area contributed by atoms with Crippen LogP contribution in [-0.4, -0.2) is 70.1 Å². The van der Waals surface area contributed by atoms with Crippen LogP contribution in [0, 0.1) is 5.92 Å². The lowest BCUT2D eigenvalue weighted by Gasteiger charge is -2.37. The fourth-order valence-corrected chi connectivity index (χ4v) is 6.04. The molecule has 2 aromatic rings. The van der Waals surface area contributed by atoms with E-state index in [-0.39, 0.29) is 38.1 Å². The summed E-state index contributed by atoms with van der Waals surface area (Å²) in [6, 6.07) is 14.3. The van der Waals surface area contributed by atoms with Gasteiger partial charge in [-0.3, -0.25) is 19.8 Å². The Morgan fingerprint density at radius 3 is 2.49 bits per heavy atom. The maximum Gasteiger partial charge on any atom is 0.338 e. The van der Waals surface area contributed by atoms with Crippen LogP contribution in [0.4, 0.5) is 5.69 Å². The van der Waals surface area contributed by atoms with Crippen molar-refractivity contribution in [3.05, 3.63) is 65.2 Å². The third kappa shape index (κ3) is 8.55. The number of hydrogen-bond donors (Lipinski definition) is 5. The highest BCUT2D eigenvalue weighted by Gasteiger charge is 2.61. The molecule has 2 aromatic carbocycles. The highest BCUT2D eigenvalue weighted by Crippen LogP contribution is 2.37. The standard InChI is InChI=1S/C34H47N5O6/c1-33(2,3)45-32(44)34(31(43)37-26-16-15-23-12-8-13-24(23)17-26)19-25(29(41)14-7-11-22-9-5-4-6-10-22)21-39(34)38-30(42)28(36)18-27(40)20-35/h4-6,9-10,15-17,25,27-28,40H,7-8,11-14,18-21,35-36H2,1-3H3,(H,37,43)(H,38,42)/t25-,27?,28+,34+/m1/s1. The van der Waals surface area contributed by atoms with E-state index in [9.17, 15) is 24.3 Å². The largest absolute Gasteiger partial charge is 0.458 e. The van der Waals surface area contributed by atoms with Gasteiger partial charge in [0.2, 0.25) is 5.54 Å². The van der Waals surface area contributed by atoms with E-state index in [0.29, 0.717) is 18.5 Å². The summed E-state index contributed by atoms with van der Waals surface area (Å²) in [6.07, 6.45) is 3.09. The number of hydrazine groups is 1. The van der Waals surface area contributed by atoms with Gasteiger partial charge in [-0.05, 0) is 94.5 Å². The Hall–Kier alpha value is -3.64. The number of carbonyl (C=O) groups is 4. The molecule has 1 unspecified atom stereocenters. The van der Waals surface area contributed by atoms with E-state index < -0.39 is 47.0 Å². The zero-order valence-corrected chi connectivity index (χ0v) is 26.5. The molecule has 4 atom stereocenters. The minimum atomic E-state index is -2.06. The Balaban J connectivity index is 1.64. The van der Waals surface area contributed by atoms with Crippen molar-refractivity contribution < 1.29 is 29.0 Å². The number of benzene rings is 2. The normalized spacial score (nSPS) is 21.1. The van der Waals surface area contributed by atoms with Crippen molar-refractivity contribution in [1.29, 1.82) is 0 Å². The zero-order chi connectivity index (χ0) is 32.8. The van der Waals surface area contributed by atoms with Gasteiger partial charge in [-0.25, -0.2) is 4.79 Å². The maximum absolute atomic E-state index is 14.3. The monoisotopic (exact) mass is 621 g/mol. The van der Waals surface area contributed by atoms with Gasteiger partial charge < -0.3 is 26.6 Å². The third-order valence-corrected chi connectivity index (χ3v) is 8.44. The molecule has 11 heteroatoms. The molecule has 1 fully saturated rings. The van der Waals surface area contributed by atoms with Gasteiger partial charge in [-0.2, -0.15) is 5.01 Å². The highest BCUT2D eigenvalue weighted by molar-refractivity contribution is 6.14. The van der Waals surface area contributed by atoms with E-state index in [1.807, 2.05) is 42.5 Å². The highest BCUT2D eigenvalue weighted by atomic mass is 16.6.